The fraction of sp³-hybridized carbons (Fsp3) is 0.560. The number of hydrogen-bond acceptors (Lipinski definition) is 7. The number of thioether (sulfide) groups is 1. The molecule has 1 amide bonds. The molecule has 1 atom stereocenters. The maximum atomic E-state index is 13.2. The number of nitrogens with zero attached hydrogens (tertiary/aromatic N) is 7. The lowest BCUT2D eigenvalue weighted by atomic mass is 10.0. The maximum Gasteiger partial charge on any atom is 0.225 e. The third-order valence-corrected chi connectivity index (χ3v) is 7.46. The number of fused-ring (bicyclic) bond motifs is 1. The van der Waals surface area contributed by atoms with Crippen molar-refractivity contribution in [3.63, 3.8) is 0 Å². The molecule has 3 aromatic heterocycles. The van der Waals surface area contributed by atoms with E-state index < -0.39 is 0 Å². The molecule has 4 heterocycles. The number of hydrogen-bond donors (Lipinski definition) is 0. The summed E-state index contributed by atoms with van der Waals surface area (Å²) in [7, 11) is 0. The molecule has 8 nitrogen and oxygen atoms in total. The maximum absolute atomic E-state index is 13.2. The molecule has 0 bridgehead atoms. The number of carbonyl (C=O) groups excluding carboxylic acids is 1. The highest BCUT2D eigenvalue weighted by Crippen LogP contribution is 2.32. The molecule has 0 aromatic carbocycles. The van der Waals surface area contributed by atoms with Crippen LogP contribution in [0.15, 0.2) is 41.9 Å². The number of aromatic nitrogens is 5. The Morgan fingerprint density at radius 3 is 2.74 bits per heavy atom. The Hall–Kier alpha value is -2.52. The van der Waals surface area contributed by atoms with Crippen molar-refractivity contribution in [2.45, 2.75) is 57.8 Å². The van der Waals surface area contributed by atoms with Crippen molar-refractivity contribution < 1.29 is 4.79 Å². The zero-order chi connectivity index (χ0) is 23.9. The third-order valence-electron chi connectivity index (χ3n) is 6.63. The van der Waals surface area contributed by atoms with E-state index in [0.29, 0.717) is 6.04 Å². The summed E-state index contributed by atoms with van der Waals surface area (Å²) < 4.78 is 2.31. The van der Waals surface area contributed by atoms with Crippen LogP contribution in [0.3, 0.4) is 0 Å². The van der Waals surface area contributed by atoms with Crippen LogP contribution >= 0.6 is 11.8 Å². The Balaban J connectivity index is 1.32. The van der Waals surface area contributed by atoms with Gasteiger partial charge in [0.15, 0.2) is 10.8 Å². The standard InChI is InChI=1S/C25H35N7OS/c1-4-30(18-20-8-13-27-28-17-20)14-9-19(3)24(33)31-15-10-21(11-16-31)32-23-22(7-6-12-26-23)29-25(32)34-5-2/h6-8,12-13,17,19,21H,4-5,9-11,14-16,18H2,1-3H3. The minimum absolute atomic E-state index is 0.0168. The van der Waals surface area contributed by atoms with Crippen LogP contribution in [-0.2, 0) is 11.3 Å². The number of piperidine rings is 1. The van der Waals surface area contributed by atoms with Gasteiger partial charge < -0.3 is 9.47 Å². The molecule has 0 spiro atoms. The molecule has 182 valence electrons. The molecule has 9 heteroatoms. The molecule has 4 rings (SSSR count). The minimum atomic E-state index is 0.0168. The summed E-state index contributed by atoms with van der Waals surface area (Å²) in [6.07, 6.45) is 8.11. The molecule has 1 aliphatic rings. The van der Waals surface area contributed by atoms with Gasteiger partial charge >= 0.3 is 0 Å². The summed E-state index contributed by atoms with van der Waals surface area (Å²) >= 11 is 1.76. The second-order valence-corrected chi connectivity index (χ2v) is 10.1. The molecule has 1 fully saturated rings. The van der Waals surface area contributed by atoms with E-state index in [1.807, 2.05) is 30.6 Å². The van der Waals surface area contributed by atoms with Crippen LogP contribution in [-0.4, -0.2) is 72.4 Å². The zero-order valence-corrected chi connectivity index (χ0v) is 21.2. The summed E-state index contributed by atoms with van der Waals surface area (Å²) in [5.41, 5.74) is 3.06. The van der Waals surface area contributed by atoms with E-state index in [-0.39, 0.29) is 11.8 Å². The Morgan fingerprint density at radius 1 is 1.21 bits per heavy atom. The molecule has 0 N–H and O–H groups in total. The minimum Gasteiger partial charge on any atom is -0.342 e. The van der Waals surface area contributed by atoms with Crippen molar-refractivity contribution in [2.75, 3.05) is 31.9 Å². The second kappa shape index (κ2) is 11.8. The van der Waals surface area contributed by atoms with Crippen molar-refractivity contribution in [2.24, 2.45) is 5.92 Å². The van der Waals surface area contributed by atoms with Crippen LogP contribution in [0.1, 0.15) is 51.6 Å². The van der Waals surface area contributed by atoms with E-state index in [2.05, 4.69) is 50.3 Å². The molecule has 0 saturated carbocycles. The first-order valence-corrected chi connectivity index (χ1v) is 13.3. The van der Waals surface area contributed by atoms with Crippen LogP contribution in [0.4, 0.5) is 0 Å². The molecule has 1 aliphatic heterocycles. The first-order valence-electron chi connectivity index (χ1n) is 12.3. The molecule has 1 unspecified atom stereocenters. The van der Waals surface area contributed by atoms with Crippen molar-refractivity contribution in [1.29, 1.82) is 0 Å². The number of pyridine rings is 1. The zero-order valence-electron chi connectivity index (χ0n) is 20.4. The Kier molecular flexibility index (Phi) is 8.50. The van der Waals surface area contributed by atoms with Crippen LogP contribution < -0.4 is 0 Å². The number of carbonyl (C=O) groups is 1. The van der Waals surface area contributed by atoms with Crippen LogP contribution in [0, 0.1) is 5.92 Å². The average Bonchev–Trinajstić information content (AvgIpc) is 3.24. The van der Waals surface area contributed by atoms with Crippen molar-refractivity contribution >= 4 is 28.8 Å². The average molecular weight is 482 g/mol. The van der Waals surface area contributed by atoms with Gasteiger partial charge in [-0.2, -0.15) is 10.2 Å². The molecular weight excluding hydrogens is 446 g/mol. The second-order valence-electron chi connectivity index (χ2n) is 8.91. The van der Waals surface area contributed by atoms with Crippen LogP contribution in [0.5, 0.6) is 0 Å². The Bertz CT molecular complexity index is 1070. The van der Waals surface area contributed by atoms with E-state index in [1.54, 1.807) is 18.0 Å². The number of amides is 1. The van der Waals surface area contributed by atoms with Gasteiger partial charge in [-0.25, -0.2) is 9.97 Å². The Morgan fingerprint density at radius 2 is 2.03 bits per heavy atom. The van der Waals surface area contributed by atoms with Gasteiger partial charge in [0.05, 0.1) is 6.20 Å². The monoisotopic (exact) mass is 481 g/mol. The van der Waals surface area contributed by atoms with Gasteiger partial charge in [-0.05, 0) is 61.9 Å². The normalized spacial score (nSPS) is 15.8. The number of rotatable bonds is 10. The topological polar surface area (TPSA) is 80.0 Å². The predicted octanol–water partition coefficient (Wildman–Crippen LogP) is 4.05. The van der Waals surface area contributed by atoms with E-state index >= 15 is 0 Å². The predicted molar refractivity (Wildman–Crippen MR) is 136 cm³/mol. The van der Waals surface area contributed by atoms with E-state index in [0.717, 1.165) is 79.6 Å². The molecule has 0 radical (unpaired) electrons. The third kappa shape index (κ3) is 5.75. The first kappa shape index (κ1) is 24.6. The summed E-state index contributed by atoms with van der Waals surface area (Å²) in [4.78, 5) is 27.0. The molecule has 34 heavy (non-hydrogen) atoms. The van der Waals surface area contributed by atoms with Gasteiger partial charge in [0.1, 0.15) is 5.52 Å². The lowest BCUT2D eigenvalue weighted by Gasteiger charge is -2.35. The SMILES string of the molecule is CCSc1nc2cccnc2n1C1CCN(C(=O)C(C)CCN(CC)Cc2ccnnc2)CC1. The smallest absolute Gasteiger partial charge is 0.225 e. The summed E-state index contributed by atoms with van der Waals surface area (Å²) in [6, 6.07) is 6.30. The number of likely N-dealkylation sites (tertiary alicyclic amines) is 1. The lowest BCUT2D eigenvalue weighted by molar-refractivity contribution is -0.136. The van der Waals surface area contributed by atoms with Crippen molar-refractivity contribution in [1.82, 2.24) is 34.5 Å². The largest absolute Gasteiger partial charge is 0.342 e. The van der Waals surface area contributed by atoms with Gasteiger partial charge in [0, 0.05) is 44.0 Å². The molecular formula is C25H35N7OS. The highest BCUT2D eigenvalue weighted by atomic mass is 32.2. The summed E-state index contributed by atoms with van der Waals surface area (Å²) in [6.45, 7) is 10.6. The van der Waals surface area contributed by atoms with E-state index in [4.69, 9.17) is 4.98 Å². The van der Waals surface area contributed by atoms with Crippen LogP contribution in [0.2, 0.25) is 0 Å². The first-order chi connectivity index (χ1) is 16.6. The lowest BCUT2D eigenvalue weighted by Crippen LogP contribution is -2.42. The summed E-state index contributed by atoms with van der Waals surface area (Å²) in [5.74, 6) is 1.27. The molecule has 3 aromatic rings. The number of imidazole rings is 1. The molecule has 1 saturated heterocycles. The van der Waals surface area contributed by atoms with Crippen molar-refractivity contribution in [3.05, 3.63) is 42.4 Å². The summed E-state index contributed by atoms with van der Waals surface area (Å²) in [5, 5.41) is 8.86. The fourth-order valence-electron chi connectivity index (χ4n) is 4.64. The van der Waals surface area contributed by atoms with Gasteiger partial charge in [0.25, 0.3) is 0 Å². The van der Waals surface area contributed by atoms with E-state index in [9.17, 15) is 4.79 Å². The Labute approximate surface area is 206 Å². The van der Waals surface area contributed by atoms with Gasteiger partial charge in [0.2, 0.25) is 5.91 Å². The molecule has 0 aliphatic carbocycles. The van der Waals surface area contributed by atoms with Gasteiger partial charge in [-0.1, -0.05) is 32.5 Å². The highest BCUT2D eigenvalue weighted by Gasteiger charge is 2.29. The van der Waals surface area contributed by atoms with E-state index in [1.165, 1.54) is 0 Å². The van der Waals surface area contributed by atoms with Gasteiger partial charge in [-0.15, -0.1) is 0 Å². The highest BCUT2D eigenvalue weighted by molar-refractivity contribution is 7.99. The van der Waals surface area contributed by atoms with Crippen molar-refractivity contribution in [3.8, 4) is 0 Å². The fourth-order valence-corrected chi connectivity index (χ4v) is 5.44. The quantitative estimate of drug-likeness (QED) is 0.404. The van der Waals surface area contributed by atoms with Crippen LogP contribution in [0.25, 0.3) is 11.2 Å². The van der Waals surface area contributed by atoms with Gasteiger partial charge in [-0.3, -0.25) is 9.69 Å².